The van der Waals surface area contributed by atoms with Gasteiger partial charge in [0.15, 0.2) is 11.5 Å². The van der Waals surface area contributed by atoms with Gasteiger partial charge < -0.3 is 9.90 Å². The predicted molar refractivity (Wildman–Crippen MR) is 120 cm³/mol. The topological polar surface area (TPSA) is 103 Å². The Hall–Kier alpha value is -3.06. The first-order chi connectivity index (χ1) is 16.9. The van der Waals surface area contributed by atoms with Crippen LogP contribution in [0.15, 0.2) is 71.8 Å². The molecule has 186 valence electrons. The molecule has 4 rings (SSSR count). The van der Waals surface area contributed by atoms with Crippen LogP contribution in [0, 0.1) is 12.7 Å². The Balaban J connectivity index is 0.00000380. The second-order valence-corrected chi connectivity index (χ2v) is 9.61. The smallest absolute Gasteiger partial charge is 0.545 e. The molecule has 0 amide bonds. The number of alkyl halides is 3. The van der Waals surface area contributed by atoms with E-state index in [2.05, 4.69) is 9.97 Å². The van der Waals surface area contributed by atoms with Crippen molar-refractivity contribution in [2.45, 2.75) is 24.5 Å². The molecule has 0 fully saturated rings. The first kappa shape index (κ1) is 28.5. The summed E-state index contributed by atoms with van der Waals surface area (Å²) in [5.74, 6) is -3.20. The number of anilines is 1. The van der Waals surface area contributed by atoms with Crippen LogP contribution in [-0.4, -0.2) is 24.4 Å². The van der Waals surface area contributed by atoms with E-state index >= 15 is 0 Å². The molecule has 2 aromatic heterocycles. The molecule has 7 nitrogen and oxygen atoms in total. The minimum Gasteiger partial charge on any atom is -0.545 e. The minimum atomic E-state index is -5.10. The van der Waals surface area contributed by atoms with E-state index in [0.29, 0.717) is 22.4 Å². The van der Waals surface area contributed by atoms with Crippen molar-refractivity contribution in [3.05, 3.63) is 95.2 Å². The van der Waals surface area contributed by atoms with Crippen molar-refractivity contribution in [2.24, 2.45) is 0 Å². The van der Waals surface area contributed by atoms with Crippen molar-refractivity contribution in [2.75, 3.05) is 4.31 Å². The number of nitrogens with zero attached hydrogens (tertiary/aromatic N) is 3. The summed E-state index contributed by atoms with van der Waals surface area (Å²) in [6.07, 6.45) is -3.68. The number of carbonyl (C=O) groups excluding carboxylic acids is 1. The quantitative estimate of drug-likeness (QED) is 0.265. The van der Waals surface area contributed by atoms with Crippen molar-refractivity contribution in [3.63, 3.8) is 0 Å². The normalized spacial score (nSPS) is 11.7. The van der Waals surface area contributed by atoms with E-state index in [9.17, 15) is 35.9 Å². The van der Waals surface area contributed by atoms with Gasteiger partial charge in [-0.3, -0.25) is 0 Å². The minimum absolute atomic E-state index is 0. The first-order valence-electron chi connectivity index (χ1n) is 10.3. The molecule has 2 aromatic carbocycles. The fourth-order valence-electron chi connectivity index (χ4n) is 3.63. The Kier molecular flexibility index (Phi) is 8.27. The summed E-state index contributed by atoms with van der Waals surface area (Å²) in [5, 5.41) is 12.4. The maximum atomic E-state index is 13.8. The van der Waals surface area contributed by atoms with Crippen LogP contribution in [0.1, 0.15) is 27.3 Å². The van der Waals surface area contributed by atoms with Gasteiger partial charge in [-0.15, -0.1) is 0 Å². The number of rotatable bonds is 6. The van der Waals surface area contributed by atoms with E-state index in [0.717, 1.165) is 34.6 Å². The Morgan fingerprint density at radius 3 is 2.30 bits per heavy atom. The van der Waals surface area contributed by atoms with Crippen molar-refractivity contribution in [1.29, 1.82) is 0 Å². The molecular weight excluding hydrogens is 525 g/mol. The molecule has 0 spiro atoms. The number of halogens is 4. The third kappa shape index (κ3) is 5.77. The third-order valence-electron chi connectivity index (χ3n) is 5.42. The Labute approximate surface area is 231 Å². The summed E-state index contributed by atoms with van der Waals surface area (Å²) in [4.78, 5) is 18.3. The molecule has 0 aliphatic heterocycles. The van der Waals surface area contributed by atoms with Crippen LogP contribution in [-0.2, 0) is 22.7 Å². The van der Waals surface area contributed by atoms with E-state index in [1.165, 1.54) is 6.20 Å². The molecule has 0 saturated carbocycles. The van der Waals surface area contributed by atoms with Crippen molar-refractivity contribution in [1.82, 2.24) is 9.97 Å². The number of hydrogen-bond donors (Lipinski definition) is 0. The number of carbonyl (C=O) groups is 1. The molecule has 0 atom stereocenters. The summed E-state index contributed by atoms with van der Waals surface area (Å²) >= 11 is 0. The van der Waals surface area contributed by atoms with Gasteiger partial charge in [-0.1, -0.05) is 36.4 Å². The van der Waals surface area contributed by atoms with Crippen LogP contribution in [0.4, 0.5) is 23.4 Å². The molecule has 0 aliphatic rings. The van der Waals surface area contributed by atoms with E-state index < -0.39 is 40.2 Å². The Morgan fingerprint density at radius 1 is 1.03 bits per heavy atom. The molecule has 37 heavy (non-hydrogen) atoms. The van der Waals surface area contributed by atoms with Gasteiger partial charge in [0.2, 0.25) is 0 Å². The predicted octanol–water partition coefficient (Wildman–Crippen LogP) is 0.859. The molecule has 13 heteroatoms. The van der Waals surface area contributed by atoms with Crippen LogP contribution in [0.5, 0.6) is 0 Å². The van der Waals surface area contributed by atoms with Gasteiger partial charge in [0, 0.05) is 17.1 Å². The second kappa shape index (κ2) is 10.7. The van der Waals surface area contributed by atoms with Crippen LogP contribution in [0.2, 0.25) is 0 Å². The summed E-state index contributed by atoms with van der Waals surface area (Å²) in [6.45, 7) is 0.895. The second-order valence-electron chi connectivity index (χ2n) is 7.75. The standard InChI is InChI=1S/C24H17F4N3O4S.Na/c1-14-19-5-3-2-4-16(19)12-29-22(14)31(13-17-8-11-20(25)21(30-17)24(26,27)28)36(34,35)18-9-6-15(7-10-18)23(32)33;/h2-12H,13H2,1H3,(H,32,33);/q;+1/p-1. The van der Waals surface area contributed by atoms with Crippen LogP contribution < -0.4 is 39.0 Å². The largest absolute Gasteiger partial charge is 1.00 e. The molecule has 0 N–H and O–H groups in total. The van der Waals surface area contributed by atoms with E-state index in [4.69, 9.17) is 0 Å². The number of aryl methyl sites for hydroxylation is 1. The number of sulfonamides is 1. The van der Waals surface area contributed by atoms with Gasteiger partial charge in [-0.2, -0.15) is 13.2 Å². The van der Waals surface area contributed by atoms with Crippen LogP contribution >= 0.6 is 0 Å². The van der Waals surface area contributed by atoms with E-state index in [-0.39, 0.29) is 51.5 Å². The average Bonchev–Trinajstić information content (AvgIpc) is 2.83. The zero-order chi connectivity index (χ0) is 26.3. The van der Waals surface area contributed by atoms with Gasteiger partial charge in [0.25, 0.3) is 10.0 Å². The Morgan fingerprint density at radius 2 is 1.68 bits per heavy atom. The molecule has 2 heterocycles. The third-order valence-corrected chi connectivity index (χ3v) is 7.17. The average molecular weight is 541 g/mol. The zero-order valence-corrected chi connectivity index (χ0v) is 22.3. The number of carboxylic acids is 1. The maximum Gasteiger partial charge on any atom is 1.00 e. The molecule has 0 radical (unpaired) electrons. The fraction of sp³-hybridized carbons (Fsp3) is 0.125. The molecule has 4 aromatic rings. The van der Waals surface area contributed by atoms with Gasteiger partial charge in [-0.05, 0) is 42.1 Å². The molecule has 0 unspecified atom stereocenters. The van der Waals surface area contributed by atoms with Crippen LogP contribution in [0.3, 0.4) is 0 Å². The molecule has 0 aliphatic carbocycles. The van der Waals surface area contributed by atoms with Crippen molar-refractivity contribution >= 4 is 32.6 Å². The number of hydrogen-bond acceptors (Lipinski definition) is 6. The van der Waals surface area contributed by atoms with E-state index in [1.807, 2.05) is 0 Å². The van der Waals surface area contributed by atoms with Crippen LogP contribution in [0.25, 0.3) is 10.8 Å². The SMILES string of the molecule is Cc1c(N(Cc2ccc(F)c(C(F)(F)F)n2)S(=O)(=O)c2ccc(C(=O)[O-])cc2)ncc2ccccc12.[Na+]. The zero-order valence-electron chi connectivity index (χ0n) is 19.5. The maximum absolute atomic E-state index is 13.8. The van der Waals surface area contributed by atoms with Gasteiger partial charge >= 0.3 is 35.7 Å². The molecular formula is C24H16F4N3NaO4S. The molecule has 0 bridgehead atoms. The number of aromatic carboxylic acids is 1. The summed E-state index contributed by atoms with van der Waals surface area (Å²) in [7, 11) is -4.50. The number of pyridine rings is 2. The summed E-state index contributed by atoms with van der Waals surface area (Å²) < 4.78 is 81.5. The number of aromatic nitrogens is 2. The van der Waals surface area contributed by atoms with E-state index in [1.54, 1.807) is 31.2 Å². The van der Waals surface area contributed by atoms with Gasteiger partial charge in [-0.25, -0.2) is 27.1 Å². The fourth-order valence-corrected chi connectivity index (χ4v) is 5.08. The Bertz CT molecular complexity index is 1580. The monoisotopic (exact) mass is 541 g/mol. The van der Waals surface area contributed by atoms with Crippen molar-refractivity contribution in [3.8, 4) is 0 Å². The number of carboxylic acid groups (broad SMARTS) is 1. The molecule has 0 saturated heterocycles. The summed E-state index contributed by atoms with van der Waals surface area (Å²) in [6, 6.07) is 12.6. The number of fused-ring (bicyclic) bond motifs is 1. The van der Waals surface area contributed by atoms with Gasteiger partial charge in [0.05, 0.1) is 23.1 Å². The van der Waals surface area contributed by atoms with Crippen molar-refractivity contribution < 1.29 is 65.4 Å². The first-order valence-corrected chi connectivity index (χ1v) is 11.7. The number of benzene rings is 2. The van der Waals surface area contributed by atoms with Gasteiger partial charge in [0.1, 0.15) is 5.82 Å². The summed E-state index contributed by atoms with van der Waals surface area (Å²) in [5.41, 5.74) is -2.01.